The van der Waals surface area contributed by atoms with Crippen LogP contribution in [0.4, 0.5) is 0 Å². The molecule has 2 heterocycles. The van der Waals surface area contributed by atoms with E-state index in [1.165, 1.54) is 0 Å². The third-order valence-corrected chi connectivity index (χ3v) is 3.13. The highest BCUT2D eigenvalue weighted by Gasteiger charge is 2.20. The van der Waals surface area contributed by atoms with Gasteiger partial charge in [0.05, 0.1) is 6.04 Å². The molecule has 0 saturated heterocycles. The summed E-state index contributed by atoms with van der Waals surface area (Å²) >= 11 is 0. The first-order valence-electron chi connectivity index (χ1n) is 6.14. The van der Waals surface area contributed by atoms with Gasteiger partial charge < -0.3 is 10.3 Å². The van der Waals surface area contributed by atoms with Gasteiger partial charge in [-0.25, -0.2) is 0 Å². The summed E-state index contributed by atoms with van der Waals surface area (Å²) in [4.78, 5) is 8.55. The van der Waals surface area contributed by atoms with Crippen molar-refractivity contribution in [1.82, 2.24) is 15.1 Å². The van der Waals surface area contributed by atoms with E-state index in [4.69, 9.17) is 10.3 Å². The summed E-state index contributed by atoms with van der Waals surface area (Å²) in [5.74, 6) is 1.28. The predicted molar refractivity (Wildman–Crippen MR) is 68.6 cm³/mol. The summed E-state index contributed by atoms with van der Waals surface area (Å²) in [6.45, 7) is 6.15. The van der Waals surface area contributed by atoms with E-state index >= 15 is 0 Å². The molecule has 0 aliphatic heterocycles. The van der Waals surface area contributed by atoms with Crippen molar-refractivity contribution in [1.29, 1.82) is 0 Å². The van der Waals surface area contributed by atoms with Gasteiger partial charge >= 0.3 is 0 Å². The van der Waals surface area contributed by atoms with Crippen LogP contribution in [0.15, 0.2) is 22.9 Å². The number of rotatable bonds is 4. The largest absolute Gasteiger partial charge is 0.337 e. The fourth-order valence-corrected chi connectivity index (χ4v) is 1.63. The zero-order valence-electron chi connectivity index (χ0n) is 10.9. The Balaban J connectivity index is 2.25. The molecule has 0 saturated carbocycles. The molecular weight excluding hydrogens is 228 g/mol. The molecule has 0 spiro atoms. The quantitative estimate of drug-likeness (QED) is 0.896. The molecule has 2 rings (SSSR count). The molecule has 2 N–H and O–H groups in total. The van der Waals surface area contributed by atoms with E-state index in [2.05, 4.69) is 29.0 Å². The summed E-state index contributed by atoms with van der Waals surface area (Å²) in [6.07, 6.45) is 2.71. The van der Waals surface area contributed by atoms with Crippen LogP contribution < -0.4 is 5.73 Å². The third-order valence-electron chi connectivity index (χ3n) is 3.13. The van der Waals surface area contributed by atoms with Crippen molar-refractivity contribution >= 4 is 0 Å². The van der Waals surface area contributed by atoms with Crippen molar-refractivity contribution in [3.8, 4) is 11.5 Å². The van der Waals surface area contributed by atoms with Gasteiger partial charge in [-0.1, -0.05) is 25.4 Å². The highest BCUT2D eigenvalue weighted by Crippen LogP contribution is 2.22. The van der Waals surface area contributed by atoms with Crippen molar-refractivity contribution in [3.63, 3.8) is 0 Å². The molecule has 96 valence electrons. The van der Waals surface area contributed by atoms with Gasteiger partial charge in [-0.3, -0.25) is 4.98 Å². The van der Waals surface area contributed by atoms with Crippen molar-refractivity contribution in [2.24, 2.45) is 11.7 Å². The van der Waals surface area contributed by atoms with Gasteiger partial charge in [0, 0.05) is 6.20 Å². The van der Waals surface area contributed by atoms with Gasteiger partial charge in [-0.2, -0.15) is 4.98 Å². The van der Waals surface area contributed by atoms with E-state index in [0.717, 1.165) is 12.0 Å². The highest BCUT2D eigenvalue weighted by atomic mass is 16.5. The van der Waals surface area contributed by atoms with Crippen LogP contribution in [0.25, 0.3) is 11.5 Å². The molecule has 18 heavy (non-hydrogen) atoms. The lowest BCUT2D eigenvalue weighted by molar-refractivity contribution is 0.312. The van der Waals surface area contributed by atoms with E-state index in [1.54, 1.807) is 6.20 Å². The summed E-state index contributed by atoms with van der Waals surface area (Å²) in [7, 11) is 0. The number of aromatic nitrogens is 3. The minimum Gasteiger partial charge on any atom is -0.337 e. The number of nitrogens with zero attached hydrogens (tertiary/aromatic N) is 3. The maximum Gasteiger partial charge on any atom is 0.244 e. The summed E-state index contributed by atoms with van der Waals surface area (Å²) in [5.41, 5.74) is 7.87. The molecule has 0 fully saturated rings. The summed E-state index contributed by atoms with van der Waals surface area (Å²) in [5, 5.41) is 3.94. The normalized spacial score (nSPS) is 14.4. The smallest absolute Gasteiger partial charge is 0.244 e. The number of aryl methyl sites for hydroxylation is 1. The lowest BCUT2D eigenvalue weighted by atomic mass is 10.0. The monoisotopic (exact) mass is 246 g/mol. The lowest BCUT2D eigenvalue weighted by Gasteiger charge is -2.12. The first-order valence-corrected chi connectivity index (χ1v) is 6.14. The van der Waals surface area contributed by atoms with Gasteiger partial charge in [0.25, 0.3) is 0 Å². The molecule has 0 aliphatic rings. The number of hydrogen-bond donors (Lipinski definition) is 1. The minimum atomic E-state index is -0.221. The molecule has 5 heteroatoms. The van der Waals surface area contributed by atoms with E-state index in [-0.39, 0.29) is 6.04 Å². The van der Waals surface area contributed by atoms with Crippen LogP contribution >= 0.6 is 0 Å². The second kappa shape index (κ2) is 5.27. The first kappa shape index (κ1) is 12.7. The van der Waals surface area contributed by atoms with Crippen LogP contribution in [0, 0.1) is 12.8 Å². The predicted octanol–water partition coefficient (Wildman–Crippen LogP) is 2.49. The average molecular weight is 246 g/mol. The van der Waals surface area contributed by atoms with Crippen LogP contribution in [-0.2, 0) is 0 Å². The maximum atomic E-state index is 6.05. The van der Waals surface area contributed by atoms with Crippen molar-refractivity contribution in [2.75, 3.05) is 0 Å². The zero-order valence-corrected chi connectivity index (χ0v) is 10.9. The van der Waals surface area contributed by atoms with Crippen LogP contribution in [0.5, 0.6) is 0 Å². The van der Waals surface area contributed by atoms with Gasteiger partial charge in [-0.05, 0) is 30.5 Å². The first-order chi connectivity index (χ1) is 8.61. The van der Waals surface area contributed by atoms with Crippen LogP contribution in [0.1, 0.15) is 37.8 Å². The number of nitrogens with two attached hydrogens (primary N) is 1. The molecule has 0 radical (unpaired) electrons. The number of pyridine rings is 1. The maximum absolute atomic E-state index is 6.05. The Morgan fingerprint density at radius 2 is 2.22 bits per heavy atom. The zero-order chi connectivity index (χ0) is 13.1. The van der Waals surface area contributed by atoms with E-state index < -0.39 is 0 Å². The topological polar surface area (TPSA) is 77.8 Å². The Morgan fingerprint density at radius 1 is 1.44 bits per heavy atom. The van der Waals surface area contributed by atoms with Crippen molar-refractivity contribution < 1.29 is 4.52 Å². The minimum absolute atomic E-state index is 0.221. The molecule has 2 aromatic heterocycles. The standard InChI is InChI=1S/C13H18N4O/c1-4-9(3)11(14)13-16-12(17-18-13)10-7-8(2)5-6-15-10/h5-7,9,11H,4,14H2,1-3H3/t9?,11-/m0/s1. The summed E-state index contributed by atoms with van der Waals surface area (Å²) in [6, 6.07) is 3.62. The molecule has 1 unspecified atom stereocenters. The molecular formula is C13H18N4O. The second-order valence-corrected chi connectivity index (χ2v) is 4.59. The molecule has 0 aliphatic carbocycles. The van der Waals surface area contributed by atoms with Gasteiger partial charge in [0.2, 0.25) is 11.7 Å². The van der Waals surface area contributed by atoms with Crippen LogP contribution in [0.3, 0.4) is 0 Å². The third kappa shape index (κ3) is 2.56. The Bertz CT molecular complexity index is 523. The van der Waals surface area contributed by atoms with E-state index in [1.807, 2.05) is 19.1 Å². The fraction of sp³-hybridized carbons (Fsp3) is 0.462. The lowest BCUT2D eigenvalue weighted by Crippen LogP contribution is -2.18. The van der Waals surface area contributed by atoms with Crippen LogP contribution in [-0.4, -0.2) is 15.1 Å². The van der Waals surface area contributed by atoms with Gasteiger partial charge in [0.15, 0.2) is 0 Å². The van der Waals surface area contributed by atoms with Crippen molar-refractivity contribution in [3.05, 3.63) is 29.8 Å². The molecule has 2 atom stereocenters. The van der Waals surface area contributed by atoms with E-state index in [9.17, 15) is 0 Å². The fourth-order valence-electron chi connectivity index (χ4n) is 1.63. The molecule has 0 amide bonds. The molecule has 2 aromatic rings. The molecule has 0 aromatic carbocycles. The summed E-state index contributed by atoms with van der Waals surface area (Å²) < 4.78 is 5.22. The Labute approximate surface area is 106 Å². The number of hydrogen-bond acceptors (Lipinski definition) is 5. The van der Waals surface area contributed by atoms with Gasteiger partial charge in [0.1, 0.15) is 5.69 Å². The Kier molecular flexibility index (Phi) is 3.72. The van der Waals surface area contributed by atoms with Gasteiger partial charge in [-0.15, -0.1) is 0 Å². The Hall–Kier alpha value is -1.75. The highest BCUT2D eigenvalue weighted by molar-refractivity contribution is 5.48. The van der Waals surface area contributed by atoms with E-state index in [0.29, 0.717) is 23.3 Å². The molecule has 5 nitrogen and oxygen atoms in total. The average Bonchev–Trinajstić information content (AvgIpc) is 2.86. The van der Waals surface area contributed by atoms with Crippen molar-refractivity contribution in [2.45, 2.75) is 33.2 Å². The second-order valence-electron chi connectivity index (χ2n) is 4.59. The van der Waals surface area contributed by atoms with Crippen LogP contribution in [0.2, 0.25) is 0 Å². The Morgan fingerprint density at radius 3 is 2.89 bits per heavy atom. The SMILES string of the molecule is CCC(C)[C@H](N)c1nc(-c2cc(C)ccn2)no1. The molecule has 0 bridgehead atoms.